The Kier molecular flexibility index (Phi) is 2.41. The fraction of sp³-hybridized carbons (Fsp3) is 0.200. The summed E-state index contributed by atoms with van der Waals surface area (Å²) < 4.78 is 12.5. The first-order chi connectivity index (χ1) is 9.63. The van der Waals surface area contributed by atoms with E-state index in [0.717, 1.165) is 21.3 Å². The van der Waals surface area contributed by atoms with E-state index in [0.29, 0.717) is 12.4 Å². The first-order valence-corrected chi connectivity index (χ1v) is 7.07. The van der Waals surface area contributed by atoms with Crippen molar-refractivity contribution in [2.24, 2.45) is 0 Å². The predicted octanol–water partition coefficient (Wildman–Crippen LogP) is 3.47. The van der Waals surface area contributed by atoms with E-state index in [9.17, 15) is 10.2 Å². The molecule has 2 aromatic carbocycles. The van der Waals surface area contributed by atoms with Gasteiger partial charge in [-0.2, -0.15) is 0 Å². The SMILES string of the molecule is Oc1ccc2c(c1)OC[C@H]1c3cc(O)cc(Br)c3O[C@@H]21. The van der Waals surface area contributed by atoms with Crippen LogP contribution in [0.15, 0.2) is 34.8 Å². The number of hydrogen-bond donors (Lipinski definition) is 2. The number of aromatic hydroxyl groups is 2. The molecule has 4 nitrogen and oxygen atoms in total. The van der Waals surface area contributed by atoms with Crippen molar-refractivity contribution < 1.29 is 19.7 Å². The summed E-state index contributed by atoms with van der Waals surface area (Å²) in [5, 5.41) is 19.3. The highest BCUT2D eigenvalue weighted by Crippen LogP contribution is 2.54. The summed E-state index contributed by atoms with van der Waals surface area (Å²) in [5.74, 6) is 1.83. The van der Waals surface area contributed by atoms with Crippen LogP contribution in [0.5, 0.6) is 23.0 Å². The topological polar surface area (TPSA) is 58.9 Å². The number of halogens is 1. The lowest BCUT2D eigenvalue weighted by Crippen LogP contribution is -2.22. The van der Waals surface area contributed by atoms with Crippen molar-refractivity contribution in [3.8, 4) is 23.0 Å². The summed E-state index contributed by atoms with van der Waals surface area (Å²) in [6, 6.07) is 8.39. The number of phenolic OH excluding ortho intramolecular Hbond substituents is 2. The lowest BCUT2D eigenvalue weighted by Gasteiger charge is -2.27. The zero-order chi connectivity index (χ0) is 13.9. The van der Waals surface area contributed by atoms with Crippen molar-refractivity contribution in [3.05, 3.63) is 45.9 Å². The normalized spacial score (nSPS) is 22.2. The minimum atomic E-state index is -0.146. The van der Waals surface area contributed by atoms with E-state index < -0.39 is 0 Å². The highest BCUT2D eigenvalue weighted by molar-refractivity contribution is 9.10. The van der Waals surface area contributed by atoms with Crippen LogP contribution in [0.25, 0.3) is 0 Å². The molecule has 0 spiro atoms. The molecule has 20 heavy (non-hydrogen) atoms. The first kappa shape index (κ1) is 11.9. The standard InChI is InChI=1S/C15H11BrO4/c16-12-4-8(18)3-10-11-6-19-13-5-7(17)1-2-9(13)14(11)20-15(10)12/h1-5,11,14,17-18H,6H2/t11-,14-/m0/s1. The molecule has 0 fully saturated rings. The molecular weight excluding hydrogens is 324 g/mol. The zero-order valence-electron chi connectivity index (χ0n) is 10.3. The Labute approximate surface area is 123 Å². The molecule has 2 heterocycles. The summed E-state index contributed by atoms with van der Waals surface area (Å²) in [6.07, 6.45) is -0.146. The molecular formula is C15H11BrO4. The number of benzene rings is 2. The second-order valence-electron chi connectivity index (χ2n) is 5.02. The Morgan fingerprint density at radius 3 is 2.75 bits per heavy atom. The minimum Gasteiger partial charge on any atom is -0.508 e. The fourth-order valence-corrected chi connectivity index (χ4v) is 3.45. The molecule has 102 valence electrons. The van der Waals surface area contributed by atoms with Crippen LogP contribution in [0.1, 0.15) is 23.1 Å². The van der Waals surface area contributed by atoms with Crippen molar-refractivity contribution in [3.63, 3.8) is 0 Å². The third-order valence-corrected chi connectivity index (χ3v) is 4.38. The summed E-state index contributed by atoms with van der Waals surface area (Å²) in [4.78, 5) is 0. The number of rotatable bonds is 0. The third-order valence-electron chi connectivity index (χ3n) is 3.79. The van der Waals surface area contributed by atoms with Crippen LogP contribution in [0.4, 0.5) is 0 Å². The molecule has 2 aliphatic heterocycles. The third kappa shape index (κ3) is 1.59. The smallest absolute Gasteiger partial charge is 0.138 e. The zero-order valence-corrected chi connectivity index (χ0v) is 11.9. The molecule has 2 N–H and O–H groups in total. The van der Waals surface area contributed by atoms with Crippen molar-refractivity contribution in [2.75, 3.05) is 6.61 Å². The molecule has 0 saturated heterocycles. The van der Waals surface area contributed by atoms with E-state index in [1.54, 1.807) is 24.3 Å². The molecule has 0 aromatic heterocycles. The number of fused-ring (bicyclic) bond motifs is 5. The number of ether oxygens (including phenoxy) is 2. The molecule has 5 heteroatoms. The van der Waals surface area contributed by atoms with Gasteiger partial charge in [0, 0.05) is 17.2 Å². The fourth-order valence-electron chi connectivity index (χ4n) is 2.89. The number of phenols is 2. The van der Waals surface area contributed by atoms with Gasteiger partial charge in [-0.25, -0.2) is 0 Å². The molecule has 2 aliphatic rings. The van der Waals surface area contributed by atoms with Crippen LogP contribution in [-0.2, 0) is 0 Å². The molecule has 0 bridgehead atoms. The van der Waals surface area contributed by atoms with Gasteiger partial charge in [-0.3, -0.25) is 0 Å². The van der Waals surface area contributed by atoms with Gasteiger partial charge in [-0.05, 0) is 40.2 Å². The van der Waals surface area contributed by atoms with Crippen molar-refractivity contribution in [1.82, 2.24) is 0 Å². The quantitative estimate of drug-likeness (QED) is 0.774. The van der Waals surface area contributed by atoms with E-state index in [-0.39, 0.29) is 23.5 Å². The Hall–Kier alpha value is -1.88. The Bertz CT molecular complexity index is 713. The van der Waals surface area contributed by atoms with E-state index in [4.69, 9.17) is 9.47 Å². The first-order valence-electron chi connectivity index (χ1n) is 6.28. The average Bonchev–Trinajstić information content (AvgIpc) is 2.77. The van der Waals surface area contributed by atoms with Gasteiger partial charge in [-0.15, -0.1) is 0 Å². The molecule has 0 saturated carbocycles. The van der Waals surface area contributed by atoms with Crippen LogP contribution in [0.3, 0.4) is 0 Å². The van der Waals surface area contributed by atoms with Crippen LogP contribution in [-0.4, -0.2) is 16.8 Å². The van der Waals surface area contributed by atoms with Crippen LogP contribution in [0, 0.1) is 0 Å². The van der Waals surface area contributed by atoms with E-state index in [2.05, 4.69) is 15.9 Å². The molecule has 0 aliphatic carbocycles. The van der Waals surface area contributed by atoms with Gasteiger partial charge in [0.15, 0.2) is 0 Å². The average molecular weight is 335 g/mol. The molecule has 0 amide bonds. The van der Waals surface area contributed by atoms with Gasteiger partial charge in [0.1, 0.15) is 29.1 Å². The van der Waals surface area contributed by atoms with Gasteiger partial charge < -0.3 is 19.7 Å². The van der Waals surface area contributed by atoms with Crippen molar-refractivity contribution >= 4 is 15.9 Å². The maximum Gasteiger partial charge on any atom is 0.138 e. The second kappa shape index (κ2) is 4.06. The molecule has 4 rings (SSSR count). The Morgan fingerprint density at radius 2 is 1.90 bits per heavy atom. The summed E-state index contributed by atoms with van der Waals surface area (Å²) in [6.45, 7) is 0.462. The highest BCUT2D eigenvalue weighted by Gasteiger charge is 2.41. The second-order valence-corrected chi connectivity index (χ2v) is 5.88. The predicted molar refractivity (Wildman–Crippen MR) is 75.5 cm³/mol. The maximum atomic E-state index is 9.74. The minimum absolute atomic E-state index is 0.0467. The maximum absolute atomic E-state index is 9.74. The van der Waals surface area contributed by atoms with Crippen LogP contribution >= 0.6 is 15.9 Å². The van der Waals surface area contributed by atoms with Crippen LogP contribution < -0.4 is 9.47 Å². The number of hydrogen-bond acceptors (Lipinski definition) is 4. The van der Waals surface area contributed by atoms with Gasteiger partial charge in [0.25, 0.3) is 0 Å². The Morgan fingerprint density at radius 1 is 1.05 bits per heavy atom. The molecule has 2 atom stereocenters. The van der Waals surface area contributed by atoms with Crippen LogP contribution in [0.2, 0.25) is 0 Å². The summed E-state index contributed by atoms with van der Waals surface area (Å²) >= 11 is 3.42. The molecule has 0 radical (unpaired) electrons. The van der Waals surface area contributed by atoms with Gasteiger partial charge in [-0.1, -0.05) is 0 Å². The van der Waals surface area contributed by atoms with E-state index in [1.807, 2.05) is 6.07 Å². The highest BCUT2D eigenvalue weighted by atomic mass is 79.9. The van der Waals surface area contributed by atoms with E-state index in [1.165, 1.54) is 0 Å². The molecule has 2 aromatic rings. The van der Waals surface area contributed by atoms with Gasteiger partial charge in [0.2, 0.25) is 0 Å². The van der Waals surface area contributed by atoms with Gasteiger partial charge in [0.05, 0.1) is 17.0 Å². The molecule has 0 unspecified atom stereocenters. The van der Waals surface area contributed by atoms with E-state index >= 15 is 0 Å². The monoisotopic (exact) mass is 334 g/mol. The lowest BCUT2D eigenvalue weighted by molar-refractivity contribution is 0.139. The van der Waals surface area contributed by atoms with Crippen molar-refractivity contribution in [2.45, 2.75) is 12.0 Å². The lowest BCUT2D eigenvalue weighted by atomic mass is 9.89. The summed E-state index contributed by atoms with van der Waals surface area (Å²) in [7, 11) is 0. The van der Waals surface area contributed by atoms with Gasteiger partial charge >= 0.3 is 0 Å². The van der Waals surface area contributed by atoms with Crippen molar-refractivity contribution in [1.29, 1.82) is 0 Å². The largest absolute Gasteiger partial charge is 0.508 e. The summed E-state index contributed by atoms with van der Waals surface area (Å²) in [5.41, 5.74) is 1.86. The Balaban J connectivity index is 1.84.